The number of nitrogens with one attached hydrogen (secondary N) is 1. The topological polar surface area (TPSA) is 91.6 Å². The van der Waals surface area contributed by atoms with Crippen LogP contribution in [0.5, 0.6) is 0 Å². The molecule has 1 fully saturated rings. The van der Waals surface area contributed by atoms with E-state index >= 15 is 0 Å². The molecule has 1 aromatic carbocycles. The highest BCUT2D eigenvalue weighted by Gasteiger charge is 2.20. The number of hydrogen-bond acceptors (Lipinski definition) is 8. The van der Waals surface area contributed by atoms with Crippen LogP contribution in [0.25, 0.3) is 10.2 Å². The molecule has 152 valence electrons. The molecule has 0 unspecified atom stereocenters. The molecular weight excluding hydrogens is 478 g/mol. The van der Waals surface area contributed by atoms with Crippen molar-refractivity contribution in [3.8, 4) is 0 Å². The lowest BCUT2D eigenvalue weighted by Crippen LogP contribution is -2.48. The van der Waals surface area contributed by atoms with E-state index in [2.05, 4.69) is 37.1 Å². The monoisotopic (exact) mass is 495 g/mol. The van der Waals surface area contributed by atoms with Gasteiger partial charge < -0.3 is 10.2 Å². The van der Waals surface area contributed by atoms with Gasteiger partial charge in [0.25, 0.3) is 5.91 Å². The minimum absolute atomic E-state index is 0.0199. The first-order valence-electron chi connectivity index (χ1n) is 9.05. The Morgan fingerprint density at radius 1 is 1.21 bits per heavy atom. The molecule has 0 bridgehead atoms. The molecule has 4 rings (SSSR count). The second-order valence-electron chi connectivity index (χ2n) is 6.59. The second kappa shape index (κ2) is 8.74. The van der Waals surface area contributed by atoms with E-state index in [4.69, 9.17) is 4.98 Å². The van der Waals surface area contributed by atoms with Gasteiger partial charge >= 0.3 is 5.00 Å². The van der Waals surface area contributed by atoms with Gasteiger partial charge in [0, 0.05) is 49.8 Å². The molecule has 0 aliphatic carbocycles. The average Bonchev–Trinajstić information content (AvgIpc) is 3.35. The molecule has 3 heterocycles. The molecule has 1 amide bonds. The van der Waals surface area contributed by atoms with Crippen LogP contribution in [-0.2, 0) is 0 Å². The van der Waals surface area contributed by atoms with Crippen molar-refractivity contribution >= 4 is 64.9 Å². The van der Waals surface area contributed by atoms with E-state index in [1.807, 2.05) is 12.1 Å². The van der Waals surface area contributed by atoms with Gasteiger partial charge in [-0.05, 0) is 24.3 Å². The van der Waals surface area contributed by atoms with Crippen molar-refractivity contribution < 1.29 is 9.72 Å². The molecule has 2 aromatic heterocycles. The van der Waals surface area contributed by atoms with Gasteiger partial charge in [0.2, 0.25) is 0 Å². The van der Waals surface area contributed by atoms with Crippen molar-refractivity contribution in [2.75, 3.05) is 44.2 Å². The van der Waals surface area contributed by atoms with Crippen molar-refractivity contribution in [1.82, 2.24) is 15.2 Å². The van der Waals surface area contributed by atoms with Crippen molar-refractivity contribution in [3.05, 3.63) is 49.8 Å². The van der Waals surface area contributed by atoms with Crippen LogP contribution in [0.4, 0.5) is 10.1 Å². The number of fused-ring (bicyclic) bond motifs is 1. The van der Waals surface area contributed by atoms with Gasteiger partial charge in [0.15, 0.2) is 5.13 Å². The Kier molecular flexibility index (Phi) is 6.09. The molecule has 3 aromatic rings. The van der Waals surface area contributed by atoms with Crippen molar-refractivity contribution in [2.24, 2.45) is 0 Å². The number of aromatic nitrogens is 1. The fourth-order valence-corrected chi connectivity index (χ4v) is 5.45. The minimum Gasteiger partial charge on any atom is -0.350 e. The maximum atomic E-state index is 12.1. The van der Waals surface area contributed by atoms with E-state index in [0.717, 1.165) is 59.2 Å². The van der Waals surface area contributed by atoms with E-state index < -0.39 is 4.92 Å². The molecule has 8 nitrogen and oxygen atoms in total. The lowest BCUT2D eigenvalue weighted by Gasteiger charge is -2.34. The number of thiazole rings is 1. The summed E-state index contributed by atoms with van der Waals surface area (Å²) in [5, 5.41) is 14.6. The quantitative estimate of drug-likeness (QED) is 0.415. The number of amides is 1. The largest absolute Gasteiger partial charge is 0.350 e. The Morgan fingerprint density at radius 3 is 2.72 bits per heavy atom. The standard InChI is InChI=1S/C18H18BrN5O3S2/c19-12-1-2-13-15(11-12)29-18(21-13)23-9-7-22(8-10-23)6-5-20-17(25)14-3-4-16(28-14)24(26)27/h1-4,11H,5-10H2,(H,20,25). The fourth-order valence-electron chi connectivity index (χ4n) is 3.15. The highest BCUT2D eigenvalue weighted by molar-refractivity contribution is 9.10. The zero-order chi connectivity index (χ0) is 20.4. The Hall–Kier alpha value is -2.08. The summed E-state index contributed by atoms with van der Waals surface area (Å²) >= 11 is 6.10. The highest BCUT2D eigenvalue weighted by Crippen LogP contribution is 2.31. The normalized spacial score (nSPS) is 15.0. The molecule has 0 saturated carbocycles. The summed E-state index contributed by atoms with van der Waals surface area (Å²) in [7, 11) is 0. The molecule has 1 aliphatic rings. The predicted octanol–water partition coefficient (Wildman–Crippen LogP) is 3.58. The summed E-state index contributed by atoms with van der Waals surface area (Å²) in [5.41, 5.74) is 1.02. The first-order chi connectivity index (χ1) is 14.0. The number of halogens is 1. The number of hydrogen-bond donors (Lipinski definition) is 1. The molecule has 0 spiro atoms. The van der Waals surface area contributed by atoms with E-state index in [-0.39, 0.29) is 10.9 Å². The summed E-state index contributed by atoms with van der Waals surface area (Å²) < 4.78 is 2.23. The number of nitro groups is 1. The maximum Gasteiger partial charge on any atom is 0.324 e. The molecule has 0 atom stereocenters. The van der Waals surface area contributed by atoms with Gasteiger partial charge in [0.1, 0.15) is 0 Å². The Morgan fingerprint density at radius 2 is 2.00 bits per heavy atom. The summed E-state index contributed by atoms with van der Waals surface area (Å²) in [6, 6.07) is 8.98. The summed E-state index contributed by atoms with van der Waals surface area (Å²) in [5.74, 6) is -0.262. The zero-order valence-corrected chi connectivity index (χ0v) is 18.6. The number of piperazine rings is 1. The smallest absolute Gasteiger partial charge is 0.324 e. The van der Waals surface area contributed by atoms with Crippen LogP contribution in [-0.4, -0.2) is 60.0 Å². The Labute approximate surface area is 183 Å². The number of anilines is 1. The molecule has 11 heteroatoms. The van der Waals surface area contributed by atoms with Crippen LogP contribution in [0.2, 0.25) is 0 Å². The molecule has 1 aliphatic heterocycles. The summed E-state index contributed by atoms with van der Waals surface area (Å²) in [6.07, 6.45) is 0. The van der Waals surface area contributed by atoms with Crippen LogP contribution < -0.4 is 10.2 Å². The molecule has 1 N–H and O–H groups in total. The number of carbonyl (C=O) groups excluding carboxylic acids is 1. The van der Waals surface area contributed by atoms with Crippen molar-refractivity contribution in [2.45, 2.75) is 0 Å². The van der Waals surface area contributed by atoms with Gasteiger partial charge in [-0.3, -0.25) is 19.8 Å². The van der Waals surface area contributed by atoms with Crippen LogP contribution in [0.1, 0.15) is 9.67 Å². The van der Waals surface area contributed by atoms with Gasteiger partial charge in [-0.15, -0.1) is 0 Å². The number of rotatable bonds is 6. The van der Waals surface area contributed by atoms with E-state index in [0.29, 0.717) is 11.4 Å². The number of benzene rings is 1. The lowest BCUT2D eigenvalue weighted by atomic mass is 10.3. The SMILES string of the molecule is O=C(NCCN1CCN(c2nc3ccc(Br)cc3s2)CC1)c1ccc([N+](=O)[O-])s1. The third kappa shape index (κ3) is 4.74. The van der Waals surface area contributed by atoms with Gasteiger partial charge in [0.05, 0.1) is 20.0 Å². The second-order valence-corrected chi connectivity index (χ2v) is 9.58. The molecular formula is C18H18BrN5O3S2. The van der Waals surface area contributed by atoms with Crippen molar-refractivity contribution in [1.29, 1.82) is 0 Å². The Bertz CT molecular complexity index is 1050. The van der Waals surface area contributed by atoms with E-state index in [9.17, 15) is 14.9 Å². The average molecular weight is 496 g/mol. The lowest BCUT2D eigenvalue weighted by molar-refractivity contribution is -0.380. The van der Waals surface area contributed by atoms with Crippen LogP contribution in [0.3, 0.4) is 0 Å². The first-order valence-corrected chi connectivity index (χ1v) is 11.5. The predicted molar refractivity (Wildman–Crippen MR) is 119 cm³/mol. The zero-order valence-electron chi connectivity index (χ0n) is 15.3. The van der Waals surface area contributed by atoms with Crippen LogP contribution in [0.15, 0.2) is 34.8 Å². The highest BCUT2D eigenvalue weighted by atomic mass is 79.9. The molecule has 0 radical (unpaired) electrons. The van der Waals surface area contributed by atoms with E-state index in [1.165, 1.54) is 16.8 Å². The van der Waals surface area contributed by atoms with E-state index in [1.54, 1.807) is 11.3 Å². The van der Waals surface area contributed by atoms with Crippen LogP contribution in [0, 0.1) is 10.1 Å². The number of nitrogens with zero attached hydrogens (tertiary/aromatic N) is 4. The molecule has 29 heavy (non-hydrogen) atoms. The summed E-state index contributed by atoms with van der Waals surface area (Å²) in [4.78, 5) is 32.1. The van der Waals surface area contributed by atoms with Crippen LogP contribution >= 0.6 is 38.6 Å². The van der Waals surface area contributed by atoms with Gasteiger partial charge in [-0.2, -0.15) is 0 Å². The maximum absolute atomic E-state index is 12.1. The molecule has 1 saturated heterocycles. The van der Waals surface area contributed by atoms with Gasteiger partial charge in [-0.25, -0.2) is 4.98 Å². The Balaban J connectivity index is 1.24. The minimum atomic E-state index is -0.481. The fraction of sp³-hybridized carbons (Fsp3) is 0.333. The first kappa shape index (κ1) is 20.2. The van der Waals surface area contributed by atoms with Crippen molar-refractivity contribution in [3.63, 3.8) is 0 Å². The number of thiophene rings is 1. The third-order valence-electron chi connectivity index (χ3n) is 4.69. The number of carbonyl (C=O) groups is 1. The van der Waals surface area contributed by atoms with Gasteiger partial charge in [-0.1, -0.05) is 38.6 Å². The third-order valence-corrected chi connectivity index (χ3v) is 7.30. The summed E-state index contributed by atoms with van der Waals surface area (Å²) in [6.45, 7) is 4.86.